The van der Waals surface area contributed by atoms with Crippen LogP contribution in [0.3, 0.4) is 0 Å². The largest absolute Gasteiger partial charge is 0.284 e. The third-order valence-corrected chi connectivity index (χ3v) is 4.32. The first-order chi connectivity index (χ1) is 10.5. The molecule has 114 valence electrons. The number of halogens is 1. The highest BCUT2D eigenvalue weighted by Gasteiger charge is 2.17. The summed E-state index contributed by atoms with van der Waals surface area (Å²) in [5.41, 5.74) is 1.32. The average Bonchev–Trinajstić information content (AvgIpc) is 3.10. The molecule has 3 rings (SSSR count). The lowest BCUT2D eigenvalue weighted by atomic mass is 10.3. The number of anilines is 1. The molecule has 0 aliphatic heterocycles. The van der Waals surface area contributed by atoms with Crippen LogP contribution < -0.4 is 4.72 Å². The van der Waals surface area contributed by atoms with Crippen molar-refractivity contribution in [1.82, 2.24) is 20.0 Å². The average molecular weight is 321 g/mol. The first kappa shape index (κ1) is 14.3. The minimum atomic E-state index is -3.88. The van der Waals surface area contributed by atoms with Crippen LogP contribution in [-0.4, -0.2) is 28.4 Å². The summed E-state index contributed by atoms with van der Waals surface area (Å²) in [4.78, 5) is -0.182. The molecule has 0 unspecified atom stereocenters. The molecule has 0 fully saturated rings. The number of benzene rings is 1. The topological polar surface area (TPSA) is 92.7 Å². The van der Waals surface area contributed by atoms with Gasteiger partial charge in [0.1, 0.15) is 11.5 Å². The van der Waals surface area contributed by atoms with E-state index in [1.807, 2.05) is 6.92 Å². The van der Waals surface area contributed by atoms with E-state index in [4.69, 9.17) is 0 Å². The number of aryl methyl sites for hydroxylation is 1. The summed E-state index contributed by atoms with van der Waals surface area (Å²) in [5.74, 6) is -0.682. The van der Waals surface area contributed by atoms with Crippen LogP contribution in [0.5, 0.6) is 0 Å². The fraction of sp³-hybridized carbons (Fsp3) is 0.0769. The summed E-state index contributed by atoms with van der Waals surface area (Å²) < 4.78 is 42.2. The Morgan fingerprint density at radius 1 is 1.32 bits per heavy atom. The van der Waals surface area contributed by atoms with Crippen LogP contribution in [0.2, 0.25) is 0 Å². The lowest BCUT2D eigenvalue weighted by molar-refractivity contribution is 0.591. The van der Waals surface area contributed by atoms with Crippen molar-refractivity contribution in [2.45, 2.75) is 11.8 Å². The van der Waals surface area contributed by atoms with Crippen molar-refractivity contribution >= 4 is 15.7 Å². The zero-order chi connectivity index (χ0) is 15.7. The molecule has 0 saturated carbocycles. The van der Waals surface area contributed by atoms with Crippen LogP contribution in [0.4, 0.5) is 10.1 Å². The van der Waals surface area contributed by atoms with Crippen molar-refractivity contribution in [2.24, 2.45) is 0 Å². The molecule has 0 aliphatic rings. The Balaban J connectivity index is 1.94. The molecule has 0 atom stereocenters. The quantitative estimate of drug-likeness (QED) is 0.767. The van der Waals surface area contributed by atoms with Crippen LogP contribution in [0.25, 0.3) is 5.69 Å². The molecule has 0 saturated heterocycles. The zero-order valence-electron chi connectivity index (χ0n) is 11.5. The molecule has 1 aromatic carbocycles. The molecule has 7 nitrogen and oxygen atoms in total. The lowest BCUT2D eigenvalue weighted by Gasteiger charge is -2.08. The number of nitrogens with one attached hydrogen (secondary N) is 2. The minimum absolute atomic E-state index is 0.176. The summed E-state index contributed by atoms with van der Waals surface area (Å²) >= 11 is 0. The molecule has 0 aliphatic carbocycles. The van der Waals surface area contributed by atoms with Crippen molar-refractivity contribution in [2.75, 3.05) is 4.72 Å². The van der Waals surface area contributed by atoms with Gasteiger partial charge in [0.15, 0.2) is 0 Å². The summed E-state index contributed by atoms with van der Waals surface area (Å²) in [5, 5.41) is 10.1. The van der Waals surface area contributed by atoms with Gasteiger partial charge in [0, 0.05) is 12.4 Å². The van der Waals surface area contributed by atoms with Crippen molar-refractivity contribution in [1.29, 1.82) is 0 Å². The smallest absolute Gasteiger partial charge is 0.262 e. The molecule has 9 heteroatoms. The van der Waals surface area contributed by atoms with Gasteiger partial charge in [-0.1, -0.05) is 0 Å². The number of sulfonamides is 1. The van der Waals surface area contributed by atoms with Crippen LogP contribution in [-0.2, 0) is 10.0 Å². The summed E-state index contributed by atoms with van der Waals surface area (Å²) in [6.07, 6.45) is 5.93. The molecule has 3 aromatic rings. The van der Waals surface area contributed by atoms with Gasteiger partial charge in [0.2, 0.25) is 0 Å². The van der Waals surface area contributed by atoms with Gasteiger partial charge in [-0.25, -0.2) is 17.5 Å². The predicted molar refractivity (Wildman–Crippen MR) is 77.7 cm³/mol. The minimum Gasteiger partial charge on any atom is -0.284 e. The van der Waals surface area contributed by atoms with Crippen LogP contribution in [0, 0.1) is 12.7 Å². The highest BCUT2D eigenvalue weighted by Crippen LogP contribution is 2.20. The number of aromatic amines is 1. The number of aromatic nitrogens is 4. The van der Waals surface area contributed by atoms with E-state index in [0.29, 0.717) is 0 Å². The maximum Gasteiger partial charge on any atom is 0.262 e. The Hall–Kier alpha value is -2.68. The zero-order valence-corrected chi connectivity index (χ0v) is 12.3. The highest BCUT2D eigenvalue weighted by atomic mass is 32.2. The van der Waals surface area contributed by atoms with Gasteiger partial charge in [0.05, 0.1) is 23.0 Å². The number of hydrogen-bond donors (Lipinski definition) is 2. The van der Waals surface area contributed by atoms with Crippen LogP contribution >= 0.6 is 0 Å². The molecule has 0 amide bonds. The Morgan fingerprint density at radius 2 is 2.14 bits per heavy atom. The molecule has 2 N–H and O–H groups in total. The first-order valence-corrected chi connectivity index (χ1v) is 7.77. The second kappa shape index (κ2) is 5.26. The molecule has 2 heterocycles. The molecule has 0 radical (unpaired) electrons. The Morgan fingerprint density at radius 3 is 2.73 bits per heavy atom. The van der Waals surface area contributed by atoms with E-state index < -0.39 is 15.8 Å². The van der Waals surface area contributed by atoms with Gasteiger partial charge in [-0.05, 0) is 30.7 Å². The van der Waals surface area contributed by atoms with Crippen molar-refractivity contribution in [3.63, 3.8) is 0 Å². The van der Waals surface area contributed by atoms with Gasteiger partial charge in [-0.2, -0.15) is 10.2 Å². The second-order valence-electron chi connectivity index (χ2n) is 4.67. The molecule has 0 bridgehead atoms. The van der Waals surface area contributed by atoms with E-state index in [1.54, 1.807) is 12.4 Å². The lowest BCUT2D eigenvalue weighted by Crippen LogP contribution is -2.13. The van der Waals surface area contributed by atoms with Crippen LogP contribution in [0.1, 0.15) is 5.56 Å². The number of rotatable bonds is 4. The Kier molecular flexibility index (Phi) is 3.41. The van der Waals surface area contributed by atoms with E-state index in [9.17, 15) is 12.8 Å². The van der Waals surface area contributed by atoms with E-state index in [0.717, 1.165) is 11.6 Å². The molecule has 0 spiro atoms. The second-order valence-corrected chi connectivity index (χ2v) is 6.35. The van der Waals surface area contributed by atoms with Gasteiger partial charge in [-0.15, -0.1) is 0 Å². The van der Waals surface area contributed by atoms with Crippen molar-refractivity contribution in [3.05, 3.63) is 54.4 Å². The van der Waals surface area contributed by atoms with Crippen LogP contribution in [0.15, 0.2) is 47.9 Å². The summed E-state index contributed by atoms with van der Waals surface area (Å²) in [6.45, 7) is 1.83. The van der Waals surface area contributed by atoms with E-state index in [1.165, 1.54) is 29.2 Å². The summed E-state index contributed by atoms with van der Waals surface area (Å²) in [7, 11) is -3.88. The molecule has 22 heavy (non-hydrogen) atoms. The maximum atomic E-state index is 14.2. The Bertz CT molecular complexity index is 902. The van der Waals surface area contributed by atoms with Gasteiger partial charge >= 0.3 is 0 Å². The van der Waals surface area contributed by atoms with Crippen molar-refractivity contribution < 1.29 is 12.8 Å². The molecule has 2 aromatic heterocycles. The number of nitrogens with zero attached hydrogens (tertiary/aromatic N) is 3. The van der Waals surface area contributed by atoms with Crippen molar-refractivity contribution in [3.8, 4) is 5.69 Å². The van der Waals surface area contributed by atoms with Gasteiger partial charge in [-0.3, -0.25) is 9.82 Å². The summed E-state index contributed by atoms with van der Waals surface area (Å²) in [6, 6.07) is 3.64. The maximum absolute atomic E-state index is 14.2. The number of hydrogen-bond acceptors (Lipinski definition) is 4. The van der Waals surface area contributed by atoms with E-state index in [2.05, 4.69) is 20.0 Å². The monoisotopic (exact) mass is 321 g/mol. The van der Waals surface area contributed by atoms with E-state index >= 15 is 0 Å². The Labute approximate surface area is 125 Å². The highest BCUT2D eigenvalue weighted by molar-refractivity contribution is 7.92. The normalized spacial score (nSPS) is 11.5. The predicted octanol–water partition coefficient (Wildman–Crippen LogP) is 1.84. The number of H-pyrrole nitrogens is 1. The first-order valence-electron chi connectivity index (χ1n) is 6.28. The third kappa shape index (κ3) is 2.70. The van der Waals surface area contributed by atoms with E-state index in [-0.39, 0.29) is 16.3 Å². The fourth-order valence-electron chi connectivity index (χ4n) is 1.91. The van der Waals surface area contributed by atoms with Gasteiger partial charge in [0.25, 0.3) is 10.0 Å². The molecular weight excluding hydrogens is 309 g/mol. The SMILES string of the molecule is Cc1cnn(-c2ccc(S(=O)(=O)Nc3cn[nH]c3)cc2F)c1. The fourth-order valence-corrected chi connectivity index (χ4v) is 2.95. The standard InChI is InChI=1S/C13H12FN5O2S/c1-9-5-17-19(8-9)13-3-2-11(4-12(13)14)22(20,21)18-10-6-15-16-7-10/h2-8,18H,1H3,(H,15,16). The molecular formula is C13H12FN5O2S. The third-order valence-electron chi connectivity index (χ3n) is 2.94. The van der Waals surface area contributed by atoms with Gasteiger partial charge < -0.3 is 0 Å².